The lowest BCUT2D eigenvalue weighted by Crippen LogP contribution is -2.25. The zero-order valence-electron chi connectivity index (χ0n) is 8.24. The number of hydrogen-bond acceptors (Lipinski definition) is 3. The molecule has 0 saturated carbocycles. The van der Waals surface area contributed by atoms with E-state index in [1.54, 1.807) is 7.11 Å². The van der Waals surface area contributed by atoms with Crippen molar-refractivity contribution in [2.24, 2.45) is 0 Å². The van der Waals surface area contributed by atoms with Crippen LogP contribution in [0.25, 0.3) is 0 Å². The van der Waals surface area contributed by atoms with Crippen molar-refractivity contribution in [2.45, 2.75) is 6.92 Å². The molecule has 76 valence electrons. The molecule has 0 aliphatic carbocycles. The van der Waals surface area contributed by atoms with Crippen LogP contribution in [0.15, 0.2) is 24.3 Å². The summed E-state index contributed by atoms with van der Waals surface area (Å²) in [4.78, 5) is 0. The van der Waals surface area contributed by atoms with E-state index in [0.29, 0.717) is 10.9 Å². The van der Waals surface area contributed by atoms with Gasteiger partial charge in [-0.25, -0.2) is 0 Å². The molecule has 0 atom stereocenters. The second-order valence-corrected chi connectivity index (χ2v) is 2.97. The summed E-state index contributed by atoms with van der Waals surface area (Å²) >= 11 is 4.93. The van der Waals surface area contributed by atoms with Gasteiger partial charge in [-0.3, -0.25) is 0 Å². The summed E-state index contributed by atoms with van der Waals surface area (Å²) in [6.07, 6.45) is 0. The maximum Gasteiger partial charge on any atom is 0.262 e. The minimum absolute atomic E-state index is 0.387. The molecule has 0 radical (unpaired) electrons. The molecule has 0 amide bonds. The Morgan fingerprint density at radius 2 is 1.86 bits per heavy atom. The van der Waals surface area contributed by atoms with Gasteiger partial charge in [0.05, 0.1) is 7.11 Å². The Bertz CT molecular complexity index is 297. The summed E-state index contributed by atoms with van der Waals surface area (Å²) in [6.45, 7) is 2.72. The molecule has 1 rings (SSSR count). The van der Waals surface area contributed by atoms with Crippen LogP contribution in [0.1, 0.15) is 6.92 Å². The molecule has 1 aromatic rings. The number of nitrogens with one attached hydrogen (secondary N) is 1. The van der Waals surface area contributed by atoms with E-state index in [9.17, 15) is 0 Å². The van der Waals surface area contributed by atoms with Crippen molar-refractivity contribution < 1.29 is 9.47 Å². The molecule has 0 aromatic heterocycles. The Labute approximate surface area is 89.0 Å². The van der Waals surface area contributed by atoms with Gasteiger partial charge in [0.25, 0.3) is 5.17 Å². The topological polar surface area (TPSA) is 30.5 Å². The standard InChI is InChI=1S/C10H13NO2S/c1-3-11-10(14)13-9-6-4-8(12-2)5-7-9/h4-7H,3H2,1-2H3,(H,11,14). The number of methoxy groups -OCH3 is 1. The summed E-state index contributed by atoms with van der Waals surface area (Å²) in [7, 11) is 1.62. The van der Waals surface area contributed by atoms with Crippen LogP contribution in [-0.2, 0) is 0 Å². The van der Waals surface area contributed by atoms with Gasteiger partial charge in [-0.15, -0.1) is 0 Å². The summed E-state index contributed by atoms with van der Waals surface area (Å²) in [5.74, 6) is 1.50. The van der Waals surface area contributed by atoms with Gasteiger partial charge < -0.3 is 14.8 Å². The van der Waals surface area contributed by atoms with Crippen LogP contribution < -0.4 is 14.8 Å². The number of ether oxygens (including phenoxy) is 2. The van der Waals surface area contributed by atoms with Gasteiger partial charge in [-0.2, -0.15) is 0 Å². The van der Waals surface area contributed by atoms with Crippen LogP contribution >= 0.6 is 12.2 Å². The molecule has 0 heterocycles. The molecule has 0 aliphatic heterocycles. The lowest BCUT2D eigenvalue weighted by molar-refractivity contribution is 0.413. The van der Waals surface area contributed by atoms with Crippen molar-refractivity contribution >= 4 is 17.4 Å². The quantitative estimate of drug-likeness (QED) is 0.774. The smallest absolute Gasteiger partial charge is 0.262 e. The first-order valence-corrected chi connectivity index (χ1v) is 4.77. The van der Waals surface area contributed by atoms with Crippen LogP contribution in [0, 0.1) is 0 Å². The lowest BCUT2D eigenvalue weighted by Gasteiger charge is -2.07. The van der Waals surface area contributed by atoms with E-state index in [2.05, 4.69) is 5.32 Å². The van der Waals surface area contributed by atoms with Gasteiger partial charge in [0.2, 0.25) is 0 Å². The van der Waals surface area contributed by atoms with Gasteiger partial charge in [-0.1, -0.05) is 0 Å². The third-order valence-corrected chi connectivity index (χ3v) is 1.82. The number of hydrogen-bond donors (Lipinski definition) is 1. The average Bonchev–Trinajstić information content (AvgIpc) is 2.19. The normalized spacial score (nSPS) is 9.29. The third-order valence-electron chi connectivity index (χ3n) is 1.59. The lowest BCUT2D eigenvalue weighted by atomic mass is 10.3. The summed E-state index contributed by atoms with van der Waals surface area (Å²) in [5.41, 5.74) is 0. The molecule has 14 heavy (non-hydrogen) atoms. The van der Waals surface area contributed by atoms with Crippen molar-refractivity contribution in [3.63, 3.8) is 0 Å². The molecule has 0 bridgehead atoms. The minimum atomic E-state index is 0.387. The highest BCUT2D eigenvalue weighted by molar-refractivity contribution is 7.80. The van der Waals surface area contributed by atoms with Crippen molar-refractivity contribution in [3.05, 3.63) is 24.3 Å². The second-order valence-electron chi connectivity index (χ2n) is 2.60. The van der Waals surface area contributed by atoms with Crippen molar-refractivity contribution in [3.8, 4) is 11.5 Å². The Balaban J connectivity index is 2.55. The van der Waals surface area contributed by atoms with Gasteiger partial charge in [0.15, 0.2) is 0 Å². The molecule has 3 nitrogen and oxygen atoms in total. The van der Waals surface area contributed by atoms with Gasteiger partial charge in [-0.05, 0) is 43.4 Å². The van der Waals surface area contributed by atoms with E-state index in [4.69, 9.17) is 21.7 Å². The summed E-state index contributed by atoms with van der Waals surface area (Å²) in [6, 6.07) is 7.26. The van der Waals surface area contributed by atoms with Crippen LogP contribution in [-0.4, -0.2) is 18.8 Å². The fourth-order valence-corrected chi connectivity index (χ4v) is 1.17. The monoisotopic (exact) mass is 211 g/mol. The van der Waals surface area contributed by atoms with Crippen LogP contribution in [0.5, 0.6) is 11.5 Å². The van der Waals surface area contributed by atoms with Crippen LogP contribution in [0.3, 0.4) is 0 Å². The number of rotatable bonds is 3. The number of benzene rings is 1. The Morgan fingerprint density at radius 3 is 2.36 bits per heavy atom. The highest BCUT2D eigenvalue weighted by atomic mass is 32.1. The van der Waals surface area contributed by atoms with Gasteiger partial charge in [0.1, 0.15) is 11.5 Å². The molecule has 0 aliphatic rings. The molecule has 4 heteroatoms. The van der Waals surface area contributed by atoms with Crippen LogP contribution in [0.4, 0.5) is 0 Å². The van der Waals surface area contributed by atoms with Crippen molar-refractivity contribution in [2.75, 3.05) is 13.7 Å². The van der Waals surface area contributed by atoms with E-state index in [1.807, 2.05) is 31.2 Å². The van der Waals surface area contributed by atoms with Crippen molar-refractivity contribution in [1.29, 1.82) is 0 Å². The Hall–Kier alpha value is -1.29. The van der Waals surface area contributed by atoms with Crippen molar-refractivity contribution in [1.82, 2.24) is 5.32 Å². The fraction of sp³-hybridized carbons (Fsp3) is 0.300. The predicted octanol–water partition coefficient (Wildman–Crippen LogP) is 1.97. The minimum Gasteiger partial charge on any atom is -0.497 e. The molecule has 1 N–H and O–H groups in total. The Kier molecular flexibility index (Phi) is 4.19. The average molecular weight is 211 g/mol. The zero-order chi connectivity index (χ0) is 10.4. The van der Waals surface area contributed by atoms with E-state index < -0.39 is 0 Å². The van der Waals surface area contributed by atoms with E-state index >= 15 is 0 Å². The predicted molar refractivity (Wildman–Crippen MR) is 59.9 cm³/mol. The maximum atomic E-state index is 5.32. The zero-order valence-corrected chi connectivity index (χ0v) is 9.06. The molecular weight excluding hydrogens is 198 g/mol. The van der Waals surface area contributed by atoms with Gasteiger partial charge >= 0.3 is 0 Å². The van der Waals surface area contributed by atoms with Crippen LogP contribution in [0.2, 0.25) is 0 Å². The SMILES string of the molecule is CCNC(=S)Oc1ccc(OC)cc1. The van der Waals surface area contributed by atoms with E-state index in [-0.39, 0.29) is 0 Å². The van der Waals surface area contributed by atoms with Gasteiger partial charge in [0, 0.05) is 6.54 Å². The first kappa shape index (κ1) is 10.8. The fourth-order valence-electron chi connectivity index (χ4n) is 0.931. The number of thiocarbonyl (C=S) groups is 1. The van der Waals surface area contributed by atoms with E-state index in [1.165, 1.54) is 0 Å². The highest BCUT2D eigenvalue weighted by Crippen LogP contribution is 2.16. The molecule has 0 saturated heterocycles. The molecule has 0 fully saturated rings. The molecule has 0 unspecified atom stereocenters. The summed E-state index contributed by atoms with van der Waals surface area (Å²) < 4.78 is 10.3. The molecule has 0 spiro atoms. The first-order valence-electron chi connectivity index (χ1n) is 4.36. The largest absolute Gasteiger partial charge is 0.497 e. The maximum absolute atomic E-state index is 5.32. The highest BCUT2D eigenvalue weighted by Gasteiger charge is 1.98. The molecule has 1 aromatic carbocycles. The Morgan fingerprint density at radius 1 is 1.29 bits per heavy atom. The molecular formula is C10H13NO2S. The van der Waals surface area contributed by atoms with E-state index in [0.717, 1.165) is 12.3 Å². The first-order chi connectivity index (χ1) is 6.76. The summed E-state index contributed by atoms with van der Waals surface area (Å²) in [5, 5.41) is 3.29. The second kappa shape index (κ2) is 5.44. The third kappa shape index (κ3) is 3.22.